The molecule has 0 saturated heterocycles. The van der Waals surface area contributed by atoms with Crippen LogP contribution in [-0.2, 0) is 0 Å². The summed E-state index contributed by atoms with van der Waals surface area (Å²) < 4.78 is 13.8. The van der Waals surface area contributed by atoms with Crippen molar-refractivity contribution < 1.29 is 4.39 Å². The van der Waals surface area contributed by atoms with Crippen LogP contribution in [0.25, 0.3) is 0 Å². The molecule has 0 amide bonds. The summed E-state index contributed by atoms with van der Waals surface area (Å²) in [7, 11) is 0. The van der Waals surface area contributed by atoms with Gasteiger partial charge in [0.2, 0.25) is 0 Å². The fraction of sp³-hybridized carbons (Fsp3) is 0.231. The van der Waals surface area contributed by atoms with Crippen LogP contribution in [0.3, 0.4) is 0 Å². The number of allylic oxidation sites excluding steroid dienone is 4. The van der Waals surface area contributed by atoms with Gasteiger partial charge in [0.05, 0.1) is 17.1 Å². The second-order valence-electron chi connectivity index (χ2n) is 7.52. The predicted molar refractivity (Wildman–Crippen MR) is 130 cm³/mol. The number of hydrogen-bond acceptors (Lipinski definition) is 4. The van der Waals surface area contributed by atoms with Crippen LogP contribution in [0.1, 0.15) is 33.1 Å². The van der Waals surface area contributed by atoms with Crippen LogP contribution in [0.5, 0.6) is 0 Å². The number of nitrogens with zero attached hydrogens (tertiary/aromatic N) is 3. The van der Waals surface area contributed by atoms with Gasteiger partial charge >= 0.3 is 0 Å². The number of hydrogen-bond donors (Lipinski definition) is 1. The SMILES string of the molecule is C=C1C=CN(c2cccc(N)c2)N=C1C(/C=C\C(CC)CCC)=Nc1cccc(F)c1. The average Bonchev–Trinajstić information content (AvgIpc) is 2.76. The number of nitrogen functional groups attached to an aromatic ring is 1. The maximum atomic E-state index is 13.8. The lowest BCUT2D eigenvalue weighted by molar-refractivity contribution is 0.563. The molecule has 160 valence electrons. The summed E-state index contributed by atoms with van der Waals surface area (Å²) in [5.74, 6) is 0.119. The van der Waals surface area contributed by atoms with Gasteiger partial charge in [-0.25, -0.2) is 14.4 Å². The van der Waals surface area contributed by atoms with Gasteiger partial charge in [-0.3, -0.25) is 0 Å². The third-order valence-electron chi connectivity index (χ3n) is 5.07. The molecule has 1 heterocycles. The van der Waals surface area contributed by atoms with Crippen LogP contribution < -0.4 is 10.7 Å². The fourth-order valence-corrected chi connectivity index (χ4v) is 3.36. The van der Waals surface area contributed by atoms with Crippen molar-refractivity contribution in [3.8, 4) is 0 Å². The van der Waals surface area contributed by atoms with Crippen molar-refractivity contribution in [3.05, 3.63) is 90.9 Å². The molecule has 2 aromatic rings. The lowest BCUT2D eigenvalue weighted by Crippen LogP contribution is -2.23. The molecule has 1 atom stereocenters. The standard InChI is InChI=1S/C26H29FN4/c1-4-8-20(5-2)13-14-25(29-23-11-6-9-21(27)17-23)26-19(3)15-16-31(30-26)24-12-7-10-22(28)18-24/h6-7,9-18,20H,3-5,8,28H2,1-2H3/b14-13-,29-25?. The molecule has 3 rings (SSSR count). The highest BCUT2D eigenvalue weighted by Crippen LogP contribution is 2.24. The molecule has 2 N–H and O–H groups in total. The van der Waals surface area contributed by atoms with E-state index in [2.05, 4.69) is 26.5 Å². The number of anilines is 2. The lowest BCUT2D eigenvalue weighted by Gasteiger charge is -2.22. The number of halogens is 1. The van der Waals surface area contributed by atoms with Crippen LogP contribution in [0.4, 0.5) is 21.5 Å². The number of aliphatic imine (C=N–C) groups is 1. The van der Waals surface area contributed by atoms with Gasteiger partial charge in [0.15, 0.2) is 0 Å². The minimum absolute atomic E-state index is 0.326. The summed E-state index contributed by atoms with van der Waals surface area (Å²) in [5.41, 5.74) is 9.99. The third-order valence-corrected chi connectivity index (χ3v) is 5.07. The Morgan fingerprint density at radius 2 is 2.03 bits per heavy atom. The second-order valence-corrected chi connectivity index (χ2v) is 7.52. The highest BCUT2D eigenvalue weighted by molar-refractivity contribution is 6.53. The Bertz CT molecular complexity index is 1050. The van der Waals surface area contributed by atoms with Gasteiger partial charge < -0.3 is 5.73 Å². The molecule has 0 bridgehead atoms. The Morgan fingerprint density at radius 3 is 2.74 bits per heavy atom. The first-order valence-corrected chi connectivity index (χ1v) is 10.6. The first kappa shape index (κ1) is 22.2. The molecule has 0 spiro atoms. The molecule has 1 aliphatic rings. The Balaban J connectivity index is 2.04. The number of rotatable bonds is 8. The molecule has 1 unspecified atom stereocenters. The first-order chi connectivity index (χ1) is 15.0. The molecule has 0 aliphatic carbocycles. The maximum absolute atomic E-state index is 13.8. The summed E-state index contributed by atoms with van der Waals surface area (Å²) in [6, 6.07) is 13.7. The van der Waals surface area contributed by atoms with Gasteiger partial charge in [-0.2, -0.15) is 5.10 Å². The van der Waals surface area contributed by atoms with E-state index in [0.717, 1.165) is 30.5 Å². The lowest BCUT2D eigenvalue weighted by atomic mass is 9.98. The summed E-state index contributed by atoms with van der Waals surface area (Å²) >= 11 is 0. The predicted octanol–water partition coefficient (Wildman–Crippen LogP) is 6.81. The van der Waals surface area contributed by atoms with Gasteiger partial charge in [-0.05, 0) is 72.9 Å². The number of hydrazone groups is 1. The summed E-state index contributed by atoms with van der Waals surface area (Å²) in [6.07, 6.45) is 11.1. The molecular formula is C26H29FN4. The normalized spacial score (nSPS) is 15.5. The van der Waals surface area contributed by atoms with E-state index in [0.29, 0.717) is 28.7 Å². The highest BCUT2D eigenvalue weighted by atomic mass is 19.1. The fourth-order valence-electron chi connectivity index (χ4n) is 3.36. The number of nitrogens with two attached hydrogens (primary N) is 1. The monoisotopic (exact) mass is 416 g/mol. The van der Waals surface area contributed by atoms with Crippen LogP contribution in [0, 0.1) is 11.7 Å². The molecule has 1 aliphatic heterocycles. The van der Waals surface area contributed by atoms with Crippen LogP contribution >= 0.6 is 0 Å². The van der Waals surface area contributed by atoms with Gasteiger partial charge in [0.1, 0.15) is 11.5 Å². The van der Waals surface area contributed by atoms with Crippen molar-refractivity contribution in [3.63, 3.8) is 0 Å². The second kappa shape index (κ2) is 10.5. The van der Waals surface area contributed by atoms with Crippen molar-refractivity contribution in [1.82, 2.24) is 0 Å². The van der Waals surface area contributed by atoms with E-state index in [1.54, 1.807) is 17.1 Å². The maximum Gasteiger partial charge on any atom is 0.125 e. The molecule has 2 aromatic carbocycles. The Labute approximate surface area is 184 Å². The van der Waals surface area contributed by atoms with Gasteiger partial charge in [0, 0.05) is 11.9 Å². The minimum Gasteiger partial charge on any atom is -0.399 e. The van der Waals surface area contributed by atoms with E-state index in [4.69, 9.17) is 15.8 Å². The van der Waals surface area contributed by atoms with E-state index in [9.17, 15) is 4.39 Å². The zero-order valence-corrected chi connectivity index (χ0v) is 18.1. The molecule has 31 heavy (non-hydrogen) atoms. The van der Waals surface area contributed by atoms with Crippen molar-refractivity contribution in [2.24, 2.45) is 16.0 Å². The van der Waals surface area contributed by atoms with Gasteiger partial charge in [0.25, 0.3) is 0 Å². The van der Waals surface area contributed by atoms with Crippen molar-refractivity contribution in [2.75, 3.05) is 10.7 Å². The van der Waals surface area contributed by atoms with E-state index >= 15 is 0 Å². The number of benzene rings is 2. The van der Waals surface area contributed by atoms with E-state index in [1.807, 2.05) is 42.6 Å². The molecule has 5 heteroatoms. The summed E-state index contributed by atoms with van der Waals surface area (Å²) in [6.45, 7) is 8.50. The molecule has 0 aromatic heterocycles. The van der Waals surface area contributed by atoms with E-state index in [1.165, 1.54) is 12.1 Å². The van der Waals surface area contributed by atoms with Crippen LogP contribution in [-0.4, -0.2) is 11.4 Å². The average molecular weight is 417 g/mol. The van der Waals surface area contributed by atoms with Crippen LogP contribution in [0.2, 0.25) is 0 Å². The zero-order chi connectivity index (χ0) is 22.2. The Morgan fingerprint density at radius 1 is 1.23 bits per heavy atom. The molecule has 0 saturated carbocycles. The molecule has 0 radical (unpaired) electrons. The van der Waals surface area contributed by atoms with Crippen molar-refractivity contribution in [1.29, 1.82) is 0 Å². The smallest absolute Gasteiger partial charge is 0.125 e. The minimum atomic E-state index is -0.326. The van der Waals surface area contributed by atoms with Gasteiger partial charge in [-0.15, -0.1) is 0 Å². The molecular weight excluding hydrogens is 387 g/mol. The third kappa shape index (κ3) is 6.01. The quantitative estimate of drug-likeness (QED) is 0.380. The first-order valence-electron chi connectivity index (χ1n) is 10.6. The largest absolute Gasteiger partial charge is 0.399 e. The molecule has 4 nitrogen and oxygen atoms in total. The van der Waals surface area contributed by atoms with E-state index in [-0.39, 0.29) is 5.82 Å². The topological polar surface area (TPSA) is 54.0 Å². The van der Waals surface area contributed by atoms with Crippen molar-refractivity contribution in [2.45, 2.75) is 33.1 Å². The summed E-state index contributed by atoms with van der Waals surface area (Å²) in [4.78, 5) is 4.72. The van der Waals surface area contributed by atoms with Crippen molar-refractivity contribution >= 4 is 28.5 Å². The summed E-state index contributed by atoms with van der Waals surface area (Å²) in [5, 5.41) is 6.52. The highest BCUT2D eigenvalue weighted by Gasteiger charge is 2.17. The van der Waals surface area contributed by atoms with E-state index < -0.39 is 0 Å². The Kier molecular flexibility index (Phi) is 7.55. The van der Waals surface area contributed by atoms with Crippen LogP contribution in [0.15, 0.2) is 95.2 Å². The molecule has 0 fully saturated rings. The Hall–Kier alpha value is -3.47. The zero-order valence-electron chi connectivity index (χ0n) is 18.1. The van der Waals surface area contributed by atoms with Gasteiger partial charge in [-0.1, -0.05) is 45.1 Å².